The maximum absolute atomic E-state index is 11.9. The molecular formula is C10H21F3IN3O. The molecule has 0 fully saturated rings. The number of ether oxygens (including phenoxy) is 1. The van der Waals surface area contributed by atoms with E-state index in [1.165, 1.54) is 7.05 Å². The van der Waals surface area contributed by atoms with Gasteiger partial charge in [0.05, 0.1) is 6.42 Å². The minimum absolute atomic E-state index is 0. The predicted octanol–water partition coefficient (Wildman–Crippen LogP) is 2.15. The Labute approximate surface area is 123 Å². The second kappa shape index (κ2) is 11.8. The van der Waals surface area contributed by atoms with Gasteiger partial charge in [0.1, 0.15) is 0 Å². The third-order valence-electron chi connectivity index (χ3n) is 1.89. The zero-order chi connectivity index (χ0) is 13.1. The van der Waals surface area contributed by atoms with Gasteiger partial charge >= 0.3 is 6.18 Å². The first-order chi connectivity index (χ1) is 7.99. The minimum atomic E-state index is -4.14. The first-order valence-corrected chi connectivity index (χ1v) is 5.58. The van der Waals surface area contributed by atoms with Gasteiger partial charge in [-0.05, 0) is 13.3 Å². The average Bonchev–Trinajstić information content (AvgIpc) is 2.25. The monoisotopic (exact) mass is 383 g/mol. The second-order valence-corrected chi connectivity index (χ2v) is 3.34. The molecule has 4 nitrogen and oxygen atoms in total. The summed E-state index contributed by atoms with van der Waals surface area (Å²) >= 11 is 0. The lowest BCUT2D eigenvalue weighted by molar-refractivity contribution is -0.132. The van der Waals surface area contributed by atoms with Crippen molar-refractivity contribution in [1.82, 2.24) is 10.6 Å². The first kappa shape index (κ1) is 20.1. The molecule has 0 radical (unpaired) electrons. The fourth-order valence-corrected chi connectivity index (χ4v) is 1.07. The highest BCUT2D eigenvalue weighted by Crippen LogP contribution is 2.17. The summed E-state index contributed by atoms with van der Waals surface area (Å²) in [6.07, 6.45) is -4.22. The molecule has 0 aromatic rings. The molecule has 0 aliphatic heterocycles. The van der Waals surface area contributed by atoms with Crippen LogP contribution in [0.4, 0.5) is 13.2 Å². The van der Waals surface area contributed by atoms with E-state index in [9.17, 15) is 13.2 Å². The Morgan fingerprint density at radius 1 is 1.22 bits per heavy atom. The van der Waals surface area contributed by atoms with Crippen LogP contribution in [0.5, 0.6) is 0 Å². The molecule has 0 atom stereocenters. The third kappa shape index (κ3) is 13.8. The molecule has 110 valence electrons. The molecule has 0 saturated heterocycles. The van der Waals surface area contributed by atoms with Crippen LogP contribution in [0.2, 0.25) is 0 Å². The number of aliphatic imine (C=N–C) groups is 1. The molecule has 8 heteroatoms. The van der Waals surface area contributed by atoms with Crippen LogP contribution < -0.4 is 10.6 Å². The van der Waals surface area contributed by atoms with E-state index in [4.69, 9.17) is 4.74 Å². The molecule has 0 spiro atoms. The Balaban J connectivity index is 0. The van der Waals surface area contributed by atoms with Crippen LogP contribution in [-0.4, -0.2) is 45.5 Å². The van der Waals surface area contributed by atoms with E-state index in [0.29, 0.717) is 25.7 Å². The van der Waals surface area contributed by atoms with Crippen LogP contribution >= 0.6 is 24.0 Å². The topological polar surface area (TPSA) is 45.6 Å². The summed E-state index contributed by atoms with van der Waals surface area (Å²) in [5.74, 6) is 0.380. The van der Waals surface area contributed by atoms with Gasteiger partial charge in [-0.15, -0.1) is 24.0 Å². The highest BCUT2D eigenvalue weighted by molar-refractivity contribution is 14.0. The van der Waals surface area contributed by atoms with E-state index in [-0.39, 0.29) is 30.5 Å². The molecule has 0 rings (SSSR count). The summed E-state index contributed by atoms with van der Waals surface area (Å²) in [6, 6.07) is 0. The fourth-order valence-electron chi connectivity index (χ4n) is 1.07. The average molecular weight is 383 g/mol. The number of nitrogens with zero attached hydrogens (tertiary/aromatic N) is 1. The Hall–Kier alpha value is -0.250. The number of alkyl halides is 3. The summed E-state index contributed by atoms with van der Waals surface area (Å²) in [5, 5.41) is 5.50. The van der Waals surface area contributed by atoms with E-state index >= 15 is 0 Å². The normalized spacial score (nSPS) is 11.9. The quantitative estimate of drug-likeness (QED) is 0.307. The van der Waals surface area contributed by atoms with Gasteiger partial charge < -0.3 is 15.4 Å². The molecule has 0 aromatic carbocycles. The summed E-state index contributed by atoms with van der Waals surface area (Å²) in [6.45, 7) is 3.65. The molecule has 18 heavy (non-hydrogen) atoms. The van der Waals surface area contributed by atoms with Crippen molar-refractivity contribution in [3.8, 4) is 0 Å². The lowest BCUT2D eigenvalue weighted by Gasteiger charge is -2.12. The molecule has 2 N–H and O–H groups in total. The number of hydrogen-bond acceptors (Lipinski definition) is 2. The molecular weight excluding hydrogens is 362 g/mol. The SMILES string of the molecule is CCOCCCNC(=NC)NCCC(F)(F)F.I. The Morgan fingerprint density at radius 2 is 1.83 bits per heavy atom. The Kier molecular flexibility index (Phi) is 13.2. The van der Waals surface area contributed by atoms with E-state index < -0.39 is 12.6 Å². The van der Waals surface area contributed by atoms with Crippen LogP contribution in [0.1, 0.15) is 19.8 Å². The standard InChI is InChI=1S/C10H20F3N3O.HI/c1-3-17-8-4-6-15-9(14-2)16-7-5-10(11,12)13;/h3-8H2,1-2H3,(H2,14,15,16);1H. The van der Waals surface area contributed by atoms with Gasteiger partial charge in [-0.3, -0.25) is 4.99 Å². The molecule has 0 heterocycles. The molecule has 0 amide bonds. The van der Waals surface area contributed by atoms with E-state index in [0.717, 1.165) is 6.42 Å². The number of hydrogen-bond donors (Lipinski definition) is 2. The van der Waals surface area contributed by atoms with Gasteiger partial charge in [0.15, 0.2) is 5.96 Å². The summed E-state index contributed by atoms with van der Waals surface area (Å²) in [7, 11) is 1.52. The fraction of sp³-hybridized carbons (Fsp3) is 0.900. The lowest BCUT2D eigenvalue weighted by Crippen LogP contribution is -2.39. The maximum atomic E-state index is 11.9. The zero-order valence-corrected chi connectivity index (χ0v) is 13.0. The van der Waals surface area contributed by atoms with E-state index in [2.05, 4.69) is 15.6 Å². The summed E-state index contributed by atoms with van der Waals surface area (Å²) < 4.78 is 40.8. The van der Waals surface area contributed by atoms with Gasteiger partial charge in [-0.2, -0.15) is 13.2 Å². The molecule has 0 aromatic heterocycles. The van der Waals surface area contributed by atoms with Crippen LogP contribution in [0.25, 0.3) is 0 Å². The van der Waals surface area contributed by atoms with Crippen molar-refractivity contribution >= 4 is 29.9 Å². The van der Waals surface area contributed by atoms with Gasteiger partial charge in [0.25, 0.3) is 0 Å². The van der Waals surface area contributed by atoms with E-state index in [1.807, 2.05) is 6.92 Å². The van der Waals surface area contributed by atoms with Gasteiger partial charge in [-0.1, -0.05) is 0 Å². The largest absolute Gasteiger partial charge is 0.390 e. The second-order valence-electron chi connectivity index (χ2n) is 3.34. The van der Waals surface area contributed by atoms with Crippen molar-refractivity contribution in [3.05, 3.63) is 0 Å². The highest BCUT2D eigenvalue weighted by atomic mass is 127. The first-order valence-electron chi connectivity index (χ1n) is 5.58. The summed E-state index contributed by atoms with van der Waals surface area (Å²) in [4.78, 5) is 3.81. The third-order valence-corrected chi connectivity index (χ3v) is 1.89. The van der Waals surface area contributed by atoms with Crippen molar-refractivity contribution in [2.24, 2.45) is 4.99 Å². The van der Waals surface area contributed by atoms with Gasteiger partial charge in [0.2, 0.25) is 0 Å². The van der Waals surface area contributed by atoms with Crippen LogP contribution in [0, 0.1) is 0 Å². The minimum Gasteiger partial charge on any atom is -0.382 e. The Morgan fingerprint density at radius 3 is 2.33 bits per heavy atom. The Bertz CT molecular complexity index is 225. The molecule has 0 aliphatic rings. The number of rotatable bonds is 7. The van der Waals surface area contributed by atoms with Crippen molar-refractivity contribution in [1.29, 1.82) is 0 Å². The highest BCUT2D eigenvalue weighted by Gasteiger charge is 2.26. The number of nitrogens with one attached hydrogen (secondary N) is 2. The molecule has 0 aliphatic carbocycles. The number of halogens is 4. The van der Waals surface area contributed by atoms with Crippen LogP contribution in [0.3, 0.4) is 0 Å². The molecule has 0 bridgehead atoms. The van der Waals surface area contributed by atoms with Crippen molar-refractivity contribution < 1.29 is 17.9 Å². The van der Waals surface area contributed by atoms with Crippen molar-refractivity contribution in [2.45, 2.75) is 25.9 Å². The van der Waals surface area contributed by atoms with Gasteiger partial charge in [0, 0.05) is 33.4 Å². The van der Waals surface area contributed by atoms with Gasteiger partial charge in [-0.25, -0.2) is 0 Å². The number of guanidine groups is 1. The lowest BCUT2D eigenvalue weighted by atomic mass is 10.4. The van der Waals surface area contributed by atoms with Crippen LogP contribution in [-0.2, 0) is 4.74 Å². The molecule has 0 saturated carbocycles. The molecule has 0 unspecified atom stereocenters. The zero-order valence-electron chi connectivity index (χ0n) is 10.6. The van der Waals surface area contributed by atoms with Crippen molar-refractivity contribution in [2.75, 3.05) is 33.4 Å². The smallest absolute Gasteiger partial charge is 0.382 e. The van der Waals surface area contributed by atoms with Crippen molar-refractivity contribution in [3.63, 3.8) is 0 Å². The van der Waals surface area contributed by atoms with E-state index in [1.54, 1.807) is 0 Å². The predicted molar refractivity (Wildman–Crippen MR) is 76.6 cm³/mol. The maximum Gasteiger partial charge on any atom is 0.390 e. The van der Waals surface area contributed by atoms with Crippen LogP contribution in [0.15, 0.2) is 4.99 Å². The summed E-state index contributed by atoms with van der Waals surface area (Å²) in [5.41, 5.74) is 0.